The molecule has 182 valence electrons. The van der Waals surface area contributed by atoms with E-state index in [-0.39, 0.29) is 0 Å². The number of halogens is 2. The van der Waals surface area contributed by atoms with Crippen molar-refractivity contribution in [3.05, 3.63) is 109 Å². The molecule has 0 spiro atoms. The smallest absolute Gasteiger partial charge is 0.226 e. The van der Waals surface area contributed by atoms with Crippen molar-refractivity contribution >= 4 is 89.1 Å². The van der Waals surface area contributed by atoms with Gasteiger partial charge in [-0.25, -0.2) is 7.50 Å². The van der Waals surface area contributed by atoms with Gasteiger partial charge < -0.3 is 0 Å². The second-order valence-corrected chi connectivity index (χ2v) is 24.8. The summed E-state index contributed by atoms with van der Waals surface area (Å²) in [4.78, 5) is 0. The highest BCUT2D eigenvalue weighted by atomic mass is 35.5. The Balaban J connectivity index is 1.88. The molecular formula is C28H30Cl2N2Si4. The Morgan fingerprint density at radius 1 is 0.611 bits per heavy atom. The van der Waals surface area contributed by atoms with Crippen LogP contribution in [0.2, 0.25) is 26.2 Å². The Hall–Kier alpha value is -1.75. The second kappa shape index (κ2) is 10.2. The van der Waals surface area contributed by atoms with Crippen LogP contribution in [0.3, 0.4) is 0 Å². The average Bonchev–Trinajstić information content (AvgIpc) is 2.91. The van der Waals surface area contributed by atoms with Gasteiger partial charge >= 0.3 is 0 Å². The molecule has 0 aliphatic carbocycles. The monoisotopic (exact) mass is 576 g/mol. The van der Waals surface area contributed by atoms with Gasteiger partial charge in [0.05, 0.1) is 8.80 Å². The predicted molar refractivity (Wildman–Crippen MR) is 165 cm³/mol. The lowest BCUT2D eigenvalue weighted by Crippen LogP contribution is -2.96. The third kappa shape index (κ3) is 4.04. The Morgan fingerprint density at radius 3 is 1.56 bits per heavy atom. The molecule has 4 aromatic carbocycles. The van der Waals surface area contributed by atoms with E-state index in [0.29, 0.717) is 0 Å². The molecule has 0 amide bonds. The summed E-state index contributed by atoms with van der Waals surface area (Å²) < 4.78 is 4.39. The molecule has 5 rings (SSSR count). The predicted octanol–water partition coefficient (Wildman–Crippen LogP) is 3.35. The minimum atomic E-state index is -2.79. The summed E-state index contributed by atoms with van der Waals surface area (Å²) in [6, 6.07) is 39.7. The molecule has 0 aromatic heterocycles. The molecule has 1 aliphatic rings. The van der Waals surface area contributed by atoms with E-state index >= 15 is 0 Å². The molecule has 8 heteroatoms. The maximum atomic E-state index is 7.38. The number of hydrogen-bond donors (Lipinski definition) is 0. The third-order valence-corrected chi connectivity index (χ3v) is 26.5. The zero-order valence-corrected chi connectivity index (χ0v) is 26.6. The van der Waals surface area contributed by atoms with Gasteiger partial charge in [0, 0.05) is 0 Å². The standard InChI is InChI=1S/C28H30Cl2N2Si4/c1-33(2)26-21-14-22-27(36(25-19-12-7-13-20-25)31(29)35(3,4)32(36)30)28(26)34(23-15-8-5-9-16-23)24-17-10-6-11-18-24/h5-22H,1-4H3. The maximum absolute atomic E-state index is 7.38. The topological polar surface area (TPSA) is 6.48 Å². The van der Waals surface area contributed by atoms with Crippen molar-refractivity contribution in [2.45, 2.75) is 26.2 Å². The van der Waals surface area contributed by atoms with Gasteiger partial charge in [0.2, 0.25) is 8.40 Å². The first-order valence-electron chi connectivity index (χ1n) is 12.2. The van der Waals surface area contributed by atoms with Gasteiger partial charge in [-0.2, -0.15) is 0 Å². The van der Waals surface area contributed by atoms with Crippen molar-refractivity contribution in [1.29, 1.82) is 0 Å². The van der Waals surface area contributed by atoms with Crippen LogP contribution in [-0.4, -0.2) is 41.9 Å². The molecular weight excluding hydrogens is 548 g/mol. The summed E-state index contributed by atoms with van der Waals surface area (Å²) in [5.41, 5.74) is 0. The van der Waals surface area contributed by atoms with Crippen LogP contribution in [-0.2, 0) is 0 Å². The van der Waals surface area contributed by atoms with Gasteiger partial charge in [-0.3, -0.25) is 0 Å². The first-order chi connectivity index (χ1) is 17.3. The van der Waals surface area contributed by atoms with Gasteiger partial charge in [-0.05, 0) is 52.2 Å². The SMILES string of the molecule is C[Si](C)c1cccc([Si]2(c3ccccc3)N(Cl)[Si](C)(C)N2Cl)c1[Si](c1ccccc1)c1ccccc1. The van der Waals surface area contributed by atoms with Crippen LogP contribution in [0.4, 0.5) is 0 Å². The Labute approximate surface area is 230 Å². The third-order valence-electron chi connectivity index (χ3n) is 7.06. The Bertz CT molecular complexity index is 1290. The molecule has 0 bridgehead atoms. The van der Waals surface area contributed by atoms with Crippen molar-refractivity contribution in [1.82, 2.24) is 7.50 Å². The van der Waals surface area contributed by atoms with E-state index in [2.05, 4.69) is 143 Å². The molecule has 2 nitrogen and oxygen atoms in total. The summed E-state index contributed by atoms with van der Waals surface area (Å²) in [5.74, 6) is 0. The molecule has 1 saturated heterocycles. The number of rotatable bonds is 6. The van der Waals surface area contributed by atoms with Crippen LogP contribution in [0.5, 0.6) is 0 Å². The summed E-state index contributed by atoms with van der Waals surface area (Å²) in [6.45, 7) is 9.27. The number of benzene rings is 4. The van der Waals surface area contributed by atoms with Crippen molar-refractivity contribution in [3.8, 4) is 0 Å². The fraction of sp³-hybridized carbons (Fsp3) is 0.143. The summed E-state index contributed by atoms with van der Waals surface area (Å²) in [7, 11) is -7.03. The Morgan fingerprint density at radius 2 is 1.08 bits per heavy atom. The molecule has 0 atom stereocenters. The second-order valence-electron chi connectivity index (χ2n) is 9.93. The van der Waals surface area contributed by atoms with Crippen LogP contribution in [0.15, 0.2) is 109 Å². The van der Waals surface area contributed by atoms with E-state index in [0.717, 1.165) is 0 Å². The van der Waals surface area contributed by atoms with E-state index in [1.165, 1.54) is 31.1 Å². The van der Waals surface area contributed by atoms with Gasteiger partial charge in [0.1, 0.15) is 0 Å². The largest absolute Gasteiger partial charge is 0.289 e. The van der Waals surface area contributed by atoms with Gasteiger partial charge in [0.15, 0.2) is 8.80 Å². The summed E-state index contributed by atoms with van der Waals surface area (Å²) in [5, 5.41) is 8.33. The van der Waals surface area contributed by atoms with Gasteiger partial charge in [-0.1, -0.05) is 138 Å². The van der Waals surface area contributed by atoms with Crippen LogP contribution in [0.25, 0.3) is 0 Å². The lowest BCUT2D eigenvalue weighted by atomic mass is 10.3. The molecule has 1 aliphatic heterocycles. The van der Waals surface area contributed by atoms with E-state index in [1.807, 2.05) is 0 Å². The maximum Gasteiger partial charge on any atom is 0.289 e. The lowest BCUT2D eigenvalue weighted by molar-refractivity contribution is 0.694. The van der Waals surface area contributed by atoms with E-state index in [1.54, 1.807) is 0 Å². The Kier molecular flexibility index (Phi) is 7.33. The van der Waals surface area contributed by atoms with Crippen LogP contribution >= 0.6 is 23.6 Å². The first-order valence-corrected chi connectivity index (χ1v) is 21.7. The molecule has 36 heavy (non-hydrogen) atoms. The van der Waals surface area contributed by atoms with Crippen molar-refractivity contribution in [2.24, 2.45) is 0 Å². The van der Waals surface area contributed by atoms with Gasteiger partial charge in [0.25, 0.3) is 8.40 Å². The lowest BCUT2D eigenvalue weighted by Gasteiger charge is -2.63. The van der Waals surface area contributed by atoms with Gasteiger partial charge in [-0.15, -0.1) is 0 Å². The highest BCUT2D eigenvalue weighted by Gasteiger charge is 2.69. The van der Waals surface area contributed by atoms with Crippen molar-refractivity contribution in [2.75, 3.05) is 0 Å². The number of hydrogen-bond acceptors (Lipinski definition) is 2. The molecule has 0 saturated carbocycles. The fourth-order valence-corrected chi connectivity index (χ4v) is 25.6. The number of nitrogens with zero attached hydrogens (tertiary/aromatic N) is 2. The van der Waals surface area contributed by atoms with E-state index in [4.69, 9.17) is 23.6 Å². The fourth-order valence-electron chi connectivity index (χ4n) is 5.36. The zero-order chi connectivity index (χ0) is 25.5. The van der Waals surface area contributed by atoms with E-state index < -0.39 is 34.4 Å². The minimum Gasteiger partial charge on any atom is -0.226 e. The molecule has 1 fully saturated rings. The highest BCUT2D eigenvalue weighted by Crippen LogP contribution is 2.41. The minimum absolute atomic E-state index is 0.775. The molecule has 0 unspecified atom stereocenters. The highest BCUT2D eigenvalue weighted by molar-refractivity contribution is 7.24. The summed E-state index contributed by atoms with van der Waals surface area (Å²) >= 11 is 14.8. The van der Waals surface area contributed by atoms with E-state index in [9.17, 15) is 0 Å². The average molecular weight is 578 g/mol. The van der Waals surface area contributed by atoms with Crippen molar-refractivity contribution < 1.29 is 0 Å². The van der Waals surface area contributed by atoms with Crippen LogP contribution in [0, 0.1) is 0 Å². The molecule has 0 N–H and O–H groups in total. The van der Waals surface area contributed by atoms with Crippen LogP contribution in [0.1, 0.15) is 0 Å². The van der Waals surface area contributed by atoms with Crippen LogP contribution < -0.4 is 31.1 Å². The molecule has 4 aromatic rings. The quantitative estimate of drug-likeness (QED) is 0.197. The van der Waals surface area contributed by atoms with Crippen molar-refractivity contribution in [3.63, 3.8) is 0 Å². The normalized spacial score (nSPS) is 17.3. The first kappa shape index (κ1) is 25.9. The summed E-state index contributed by atoms with van der Waals surface area (Å²) in [6.07, 6.45) is 0. The molecule has 2 radical (unpaired) electrons. The zero-order valence-electron chi connectivity index (χ0n) is 21.0. The molecule has 1 heterocycles.